The van der Waals surface area contributed by atoms with Crippen molar-refractivity contribution >= 4 is 23.9 Å². The Morgan fingerprint density at radius 1 is 1.14 bits per heavy atom. The van der Waals surface area contributed by atoms with Crippen molar-refractivity contribution in [2.45, 2.75) is 0 Å². The van der Waals surface area contributed by atoms with Crippen LogP contribution in [0.5, 0.6) is 0 Å². The zero-order valence-corrected chi connectivity index (χ0v) is 5.52. The first-order valence-corrected chi connectivity index (χ1v) is 2.10. The van der Waals surface area contributed by atoms with Gasteiger partial charge in [-0.05, 0) is 0 Å². The molecular weight excluding hydrogens is 192 g/mol. The second-order valence-electron chi connectivity index (χ2n) is 0.448. The normalized spacial score (nSPS) is 8.29. The zero-order valence-electron chi connectivity index (χ0n) is 2.87. The summed E-state index contributed by atoms with van der Waals surface area (Å²) in [5, 5.41) is 0. The summed E-state index contributed by atoms with van der Waals surface area (Å²) >= 11 is 0. The molecular formula is H3CuO4S2. The van der Waals surface area contributed by atoms with Crippen molar-refractivity contribution in [1.82, 2.24) is 0 Å². The van der Waals surface area contributed by atoms with Gasteiger partial charge in [0, 0.05) is 0 Å². The molecule has 0 saturated carbocycles. The summed E-state index contributed by atoms with van der Waals surface area (Å²) in [6.07, 6.45) is 0. The Labute approximate surface area is 58.8 Å². The molecule has 50 valence electrons. The van der Waals surface area contributed by atoms with Crippen molar-refractivity contribution in [1.29, 1.82) is 0 Å². The van der Waals surface area contributed by atoms with E-state index in [1.807, 2.05) is 0 Å². The maximum absolute atomic E-state index is 8.74. The molecule has 0 aliphatic heterocycles. The molecule has 0 aromatic carbocycles. The largest absolute Gasteiger partial charge is 1.00 e. The van der Waals surface area contributed by atoms with Crippen LogP contribution in [0.2, 0.25) is 0 Å². The van der Waals surface area contributed by atoms with Gasteiger partial charge in [0.15, 0.2) is 0 Å². The molecule has 4 nitrogen and oxygen atoms in total. The average molecular weight is 195 g/mol. The SMILES string of the molecule is O=S(=O)(O)O.[Cu+].[SH-]. The van der Waals surface area contributed by atoms with E-state index in [2.05, 4.69) is 0 Å². The zero-order chi connectivity index (χ0) is 4.50. The van der Waals surface area contributed by atoms with Gasteiger partial charge in [0.25, 0.3) is 0 Å². The van der Waals surface area contributed by atoms with Gasteiger partial charge in [0.1, 0.15) is 0 Å². The predicted molar refractivity (Wildman–Crippen MR) is 22.9 cm³/mol. The van der Waals surface area contributed by atoms with E-state index < -0.39 is 10.4 Å². The number of hydrogen-bond donors (Lipinski definition) is 2. The molecule has 0 unspecified atom stereocenters. The van der Waals surface area contributed by atoms with Gasteiger partial charge in [-0.2, -0.15) is 8.42 Å². The van der Waals surface area contributed by atoms with Gasteiger partial charge in [-0.25, -0.2) is 0 Å². The van der Waals surface area contributed by atoms with Crippen molar-refractivity contribution < 1.29 is 34.6 Å². The first-order valence-electron chi connectivity index (χ1n) is 0.698. The van der Waals surface area contributed by atoms with E-state index in [4.69, 9.17) is 17.5 Å². The molecule has 0 rings (SSSR count). The van der Waals surface area contributed by atoms with Crippen molar-refractivity contribution in [2.75, 3.05) is 0 Å². The van der Waals surface area contributed by atoms with Crippen LogP contribution >= 0.6 is 0 Å². The van der Waals surface area contributed by atoms with Gasteiger partial charge in [-0.3, -0.25) is 9.11 Å². The number of rotatable bonds is 0. The first-order chi connectivity index (χ1) is 2.00. The van der Waals surface area contributed by atoms with Crippen molar-refractivity contribution in [3.63, 3.8) is 0 Å². The van der Waals surface area contributed by atoms with Gasteiger partial charge >= 0.3 is 27.5 Å². The molecule has 0 heterocycles. The molecule has 7 heavy (non-hydrogen) atoms. The third kappa shape index (κ3) is 277. The van der Waals surface area contributed by atoms with E-state index in [1.54, 1.807) is 0 Å². The fraction of sp³-hybridized carbons (Fsp3) is 0. The molecule has 7 heteroatoms. The molecule has 0 bridgehead atoms. The third-order valence-electron chi connectivity index (χ3n) is 0. The summed E-state index contributed by atoms with van der Waals surface area (Å²) < 4.78 is 31.6. The van der Waals surface area contributed by atoms with E-state index in [-0.39, 0.29) is 30.6 Å². The Hall–Kier alpha value is 0.739. The van der Waals surface area contributed by atoms with Crippen molar-refractivity contribution in [3.8, 4) is 0 Å². The fourth-order valence-electron chi connectivity index (χ4n) is 0. The van der Waals surface area contributed by atoms with Gasteiger partial charge in [-0.15, -0.1) is 0 Å². The van der Waals surface area contributed by atoms with Crippen LogP contribution in [0.15, 0.2) is 0 Å². The summed E-state index contributed by atoms with van der Waals surface area (Å²) in [4.78, 5) is 0. The smallest absolute Gasteiger partial charge is 0.813 e. The predicted octanol–water partition coefficient (Wildman–Crippen LogP) is -0.925. The van der Waals surface area contributed by atoms with Gasteiger partial charge in [-0.1, -0.05) is 0 Å². The molecule has 0 fully saturated rings. The second-order valence-corrected chi connectivity index (χ2v) is 1.34. The van der Waals surface area contributed by atoms with Crippen LogP contribution in [-0.4, -0.2) is 17.5 Å². The van der Waals surface area contributed by atoms with Gasteiger partial charge < -0.3 is 13.5 Å². The first kappa shape index (κ1) is 15.6. The molecule has 0 aromatic rings. The Bertz CT molecular complexity index is 92.9. The van der Waals surface area contributed by atoms with Crippen LogP contribution in [-0.2, 0) is 41.0 Å². The Morgan fingerprint density at radius 2 is 1.14 bits per heavy atom. The molecule has 0 amide bonds. The molecule has 0 aromatic heterocycles. The number of thiol groups is 1. The standard InChI is InChI=1S/Cu.H2O4S.H2S/c;1-5(2,3)4;/h;(H2,1,2,3,4);1H2/q+1;;/p-1. The monoisotopic (exact) mass is 194 g/mol. The summed E-state index contributed by atoms with van der Waals surface area (Å²) in [5.74, 6) is 0. The molecule has 2 N–H and O–H groups in total. The van der Waals surface area contributed by atoms with Crippen LogP contribution < -0.4 is 0 Å². The van der Waals surface area contributed by atoms with Crippen LogP contribution in [0, 0.1) is 0 Å². The quantitative estimate of drug-likeness (QED) is 0.226. The summed E-state index contributed by atoms with van der Waals surface area (Å²) in [5.41, 5.74) is 0. The minimum absolute atomic E-state index is 0. The van der Waals surface area contributed by atoms with Crippen LogP contribution in [0.1, 0.15) is 0 Å². The van der Waals surface area contributed by atoms with Crippen molar-refractivity contribution in [3.05, 3.63) is 0 Å². The van der Waals surface area contributed by atoms with Gasteiger partial charge in [0.2, 0.25) is 0 Å². The molecule has 0 aliphatic rings. The number of hydrogen-bond acceptors (Lipinski definition) is 3. The summed E-state index contributed by atoms with van der Waals surface area (Å²) in [6, 6.07) is 0. The van der Waals surface area contributed by atoms with Crippen LogP contribution in [0.4, 0.5) is 0 Å². The Balaban J connectivity index is -0.0000000800. The third-order valence-corrected chi connectivity index (χ3v) is 0. The van der Waals surface area contributed by atoms with Gasteiger partial charge in [0.05, 0.1) is 0 Å². The topological polar surface area (TPSA) is 74.6 Å². The second kappa shape index (κ2) is 4.89. The fourth-order valence-corrected chi connectivity index (χ4v) is 0. The minimum Gasteiger partial charge on any atom is -0.813 e. The Morgan fingerprint density at radius 3 is 1.14 bits per heavy atom. The van der Waals surface area contributed by atoms with E-state index in [0.29, 0.717) is 0 Å². The van der Waals surface area contributed by atoms with Crippen LogP contribution in [0.3, 0.4) is 0 Å². The average Bonchev–Trinajstić information content (AvgIpc) is 0.722. The van der Waals surface area contributed by atoms with Crippen molar-refractivity contribution in [2.24, 2.45) is 0 Å². The van der Waals surface area contributed by atoms with E-state index in [1.165, 1.54) is 0 Å². The molecule has 0 saturated heterocycles. The molecule has 0 spiro atoms. The van der Waals surface area contributed by atoms with Crippen LogP contribution in [0.25, 0.3) is 0 Å². The summed E-state index contributed by atoms with van der Waals surface area (Å²) in [6.45, 7) is 0. The molecule has 0 atom stereocenters. The van der Waals surface area contributed by atoms with E-state index >= 15 is 0 Å². The van der Waals surface area contributed by atoms with E-state index in [9.17, 15) is 0 Å². The molecule has 0 radical (unpaired) electrons. The minimum atomic E-state index is -4.67. The Kier molecular flexibility index (Phi) is 10.9. The maximum atomic E-state index is 8.74. The van der Waals surface area contributed by atoms with E-state index in [0.717, 1.165) is 0 Å². The summed E-state index contributed by atoms with van der Waals surface area (Å²) in [7, 11) is -4.67. The molecule has 0 aliphatic carbocycles. The maximum Gasteiger partial charge on any atom is 1.00 e.